The molecule has 0 spiro atoms. The molecule has 3 rings (SSSR count). The molecule has 6 nitrogen and oxygen atoms in total. The Labute approximate surface area is 129 Å². The SMILES string of the molecule is CN(C)C(=O)N(C)C1CCCN(c2nc(C3CC3)ns2)C1. The molecule has 1 aromatic rings. The van der Waals surface area contributed by atoms with Crippen LogP contribution in [0.15, 0.2) is 0 Å². The molecule has 1 saturated heterocycles. The summed E-state index contributed by atoms with van der Waals surface area (Å²) in [5.41, 5.74) is 0. The first-order chi connectivity index (χ1) is 10.1. The average Bonchev–Trinajstić information content (AvgIpc) is 3.23. The van der Waals surface area contributed by atoms with Crippen molar-refractivity contribution < 1.29 is 4.79 Å². The van der Waals surface area contributed by atoms with Crippen LogP contribution >= 0.6 is 11.5 Å². The molecule has 0 N–H and O–H groups in total. The van der Waals surface area contributed by atoms with Gasteiger partial charge in [0.15, 0.2) is 0 Å². The summed E-state index contributed by atoms with van der Waals surface area (Å²) in [7, 11) is 5.49. The van der Waals surface area contributed by atoms with Gasteiger partial charge in [-0.1, -0.05) is 0 Å². The minimum Gasteiger partial charge on any atom is -0.345 e. The molecule has 116 valence electrons. The van der Waals surface area contributed by atoms with Gasteiger partial charge in [0.2, 0.25) is 5.13 Å². The minimum absolute atomic E-state index is 0.0674. The zero-order valence-electron chi connectivity index (χ0n) is 12.9. The molecule has 1 saturated carbocycles. The Morgan fingerprint density at radius 1 is 1.29 bits per heavy atom. The van der Waals surface area contributed by atoms with E-state index in [-0.39, 0.29) is 12.1 Å². The Morgan fingerprint density at radius 3 is 2.71 bits per heavy atom. The Kier molecular flexibility index (Phi) is 4.01. The van der Waals surface area contributed by atoms with Gasteiger partial charge >= 0.3 is 6.03 Å². The Morgan fingerprint density at radius 2 is 2.05 bits per heavy atom. The highest BCUT2D eigenvalue weighted by molar-refractivity contribution is 7.09. The van der Waals surface area contributed by atoms with E-state index in [0.29, 0.717) is 5.92 Å². The molecule has 1 aromatic heterocycles. The van der Waals surface area contributed by atoms with Crippen molar-refractivity contribution in [3.63, 3.8) is 0 Å². The summed E-state index contributed by atoms with van der Waals surface area (Å²) in [6.07, 6.45) is 4.62. The van der Waals surface area contributed by atoms with E-state index in [1.54, 1.807) is 19.0 Å². The van der Waals surface area contributed by atoms with Gasteiger partial charge in [0, 0.05) is 51.7 Å². The quantitative estimate of drug-likeness (QED) is 0.857. The number of anilines is 1. The van der Waals surface area contributed by atoms with Gasteiger partial charge in [-0.25, -0.2) is 9.78 Å². The molecule has 0 aromatic carbocycles. The summed E-state index contributed by atoms with van der Waals surface area (Å²) in [4.78, 5) is 22.6. The first-order valence-electron chi connectivity index (χ1n) is 7.59. The second kappa shape index (κ2) is 5.79. The van der Waals surface area contributed by atoms with Crippen molar-refractivity contribution in [2.75, 3.05) is 39.1 Å². The molecule has 1 unspecified atom stereocenters. The van der Waals surface area contributed by atoms with Crippen LogP contribution in [0.5, 0.6) is 0 Å². The summed E-state index contributed by atoms with van der Waals surface area (Å²) in [6, 6.07) is 0.319. The largest absolute Gasteiger partial charge is 0.345 e. The van der Waals surface area contributed by atoms with Gasteiger partial charge in [-0.15, -0.1) is 0 Å². The van der Waals surface area contributed by atoms with Gasteiger partial charge < -0.3 is 14.7 Å². The molecule has 2 heterocycles. The summed E-state index contributed by atoms with van der Waals surface area (Å²) in [6.45, 7) is 1.87. The Hall–Kier alpha value is -1.37. The van der Waals surface area contributed by atoms with Crippen LogP contribution in [-0.2, 0) is 0 Å². The topological polar surface area (TPSA) is 52.6 Å². The Balaban J connectivity index is 1.65. The van der Waals surface area contributed by atoms with E-state index < -0.39 is 0 Å². The van der Waals surface area contributed by atoms with Crippen LogP contribution in [-0.4, -0.2) is 65.5 Å². The van der Waals surface area contributed by atoms with Crippen molar-refractivity contribution in [3.05, 3.63) is 5.82 Å². The van der Waals surface area contributed by atoms with E-state index in [2.05, 4.69) is 14.3 Å². The lowest BCUT2D eigenvalue weighted by molar-refractivity contribution is 0.157. The van der Waals surface area contributed by atoms with Crippen molar-refractivity contribution in [1.29, 1.82) is 0 Å². The number of carbonyl (C=O) groups excluding carboxylic acids is 1. The van der Waals surface area contributed by atoms with Crippen molar-refractivity contribution in [1.82, 2.24) is 19.2 Å². The smallest absolute Gasteiger partial charge is 0.319 e. The van der Waals surface area contributed by atoms with Crippen LogP contribution < -0.4 is 4.90 Å². The van der Waals surface area contributed by atoms with E-state index >= 15 is 0 Å². The van der Waals surface area contributed by atoms with E-state index in [4.69, 9.17) is 0 Å². The molecule has 0 radical (unpaired) electrons. The third-order valence-corrected chi connectivity index (χ3v) is 5.06. The molecular weight excluding hydrogens is 286 g/mol. The lowest BCUT2D eigenvalue weighted by Crippen LogP contribution is -2.51. The fourth-order valence-electron chi connectivity index (χ4n) is 2.78. The number of hydrogen-bond donors (Lipinski definition) is 0. The second-order valence-corrected chi connectivity index (χ2v) is 6.97. The van der Waals surface area contributed by atoms with Gasteiger partial charge in [0.1, 0.15) is 5.82 Å². The van der Waals surface area contributed by atoms with Crippen LogP contribution in [0.2, 0.25) is 0 Å². The molecule has 2 fully saturated rings. The van der Waals surface area contributed by atoms with Crippen molar-refractivity contribution >= 4 is 22.7 Å². The summed E-state index contributed by atoms with van der Waals surface area (Å²) >= 11 is 1.50. The van der Waals surface area contributed by atoms with E-state index in [0.717, 1.165) is 36.9 Å². The molecule has 7 heteroatoms. The third kappa shape index (κ3) is 3.12. The monoisotopic (exact) mass is 309 g/mol. The fourth-order valence-corrected chi connectivity index (χ4v) is 3.56. The zero-order chi connectivity index (χ0) is 15.0. The zero-order valence-corrected chi connectivity index (χ0v) is 13.8. The maximum Gasteiger partial charge on any atom is 0.319 e. The molecule has 1 aliphatic heterocycles. The number of aromatic nitrogens is 2. The fraction of sp³-hybridized carbons (Fsp3) is 0.786. The maximum absolute atomic E-state index is 12.1. The van der Waals surface area contributed by atoms with Crippen molar-refractivity contribution in [2.24, 2.45) is 0 Å². The minimum atomic E-state index is 0.0674. The number of nitrogens with zero attached hydrogens (tertiary/aromatic N) is 5. The van der Waals surface area contributed by atoms with Crippen LogP contribution in [0, 0.1) is 0 Å². The molecule has 1 atom stereocenters. The number of piperidine rings is 1. The molecular formula is C14H23N5OS. The summed E-state index contributed by atoms with van der Waals surface area (Å²) in [5, 5.41) is 1.02. The van der Waals surface area contributed by atoms with E-state index in [9.17, 15) is 4.79 Å². The van der Waals surface area contributed by atoms with Gasteiger partial charge in [0.25, 0.3) is 0 Å². The van der Waals surface area contributed by atoms with Crippen LogP contribution in [0.3, 0.4) is 0 Å². The molecule has 2 aliphatic rings. The number of carbonyl (C=O) groups is 1. The lowest BCUT2D eigenvalue weighted by Gasteiger charge is -2.38. The van der Waals surface area contributed by atoms with Crippen LogP contribution in [0.25, 0.3) is 0 Å². The van der Waals surface area contributed by atoms with Gasteiger partial charge in [0.05, 0.1) is 6.04 Å². The number of amides is 2. The van der Waals surface area contributed by atoms with Crippen LogP contribution in [0.1, 0.15) is 37.4 Å². The maximum atomic E-state index is 12.1. The predicted octanol–water partition coefficient (Wildman–Crippen LogP) is 2.00. The summed E-state index contributed by atoms with van der Waals surface area (Å²) in [5.74, 6) is 1.63. The molecule has 0 bridgehead atoms. The summed E-state index contributed by atoms with van der Waals surface area (Å²) < 4.78 is 4.49. The predicted molar refractivity (Wildman–Crippen MR) is 84.0 cm³/mol. The number of rotatable bonds is 3. The molecule has 2 amide bonds. The van der Waals surface area contributed by atoms with Gasteiger partial charge in [-0.2, -0.15) is 4.37 Å². The van der Waals surface area contributed by atoms with E-state index in [1.807, 2.05) is 11.9 Å². The number of hydrogen-bond acceptors (Lipinski definition) is 5. The highest BCUT2D eigenvalue weighted by atomic mass is 32.1. The highest BCUT2D eigenvalue weighted by Gasteiger charge is 2.31. The molecule has 21 heavy (non-hydrogen) atoms. The van der Waals surface area contributed by atoms with Crippen molar-refractivity contribution in [3.8, 4) is 0 Å². The first-order valence-corrected chi connectivity index (χ1v) is 8.36. The lowest BCUT2D eigenvalue weighted by atomic mass is 10.1. The van der Waals surface area contributed by atoms with Gasteiger partial charge in [-0.05, 0) is 25.7 Å². The molecule has 1 aliphatic carbocycles. The second-order valence-electron chi connectivity index (χ2n) is 6.24. The normalized spacial score (nSPS) is 22.2. The highest BCUT2D eigenvalue weighted by Crippen LogP contribution is 2.40. The average molecular weight is 309 g/mol. The Bertz CT molecular complexity index is 513. The third-order valence-electron chi connectivity index (χ3n) is 4.27. The number of likely N-dealkylation sites (N-methyl/N-ethyl adjacent to an activating group) is 1. The first kappa shape index (κ1) is 14.6. The van der Waals surface area contributed by atoms with Gasteiger partial charge in [-0.3, -0.25) is 0 Å². The number of urea groups is 1. The van der Waals surface area contributed by atoms with E-state index in [1.165, 1.54) is 24.4 Å². The standard InChI is InChI=1S/C14H23N5OS/c1-17(2)14(20)18(3)11-5-4-8-19(9-11)13-15-12(16-21-13)10-6-7-10/h10-11H,4-9H2,1-3H3. The van der Waals surface area contributed by atoms with Crippen molar-refractivity contribution in [2.45, 2.75) is 37.6 Å². The van der Waals surface area contributed by atoms with Crippen LogP contribution in [0.4, 0.5) is 9.93 Å².